The van der Waals surface area contributed by atoms with Crippen molar-refractivity contribution in [1.29, 1.82) is 0 Å². The minimum Gasteiger partial charge on any atom is -0.467 e. The second kappa shape index (κ2) is 6.62. The molecule has 0 radical (unpaired) electrons. The fraction of sp³-hybridized carbons (Fsp3) is 0.500. The summed E-state index contributed by atoms with van der Waals surface area (Å²) in [7, 11) is 0. The van der Waals surface area contributed by atoms with Crippen molar-refractivity contribution < 1.29 is 9.21 Å². The third-order valence-corrected chi connectivity index (χ3v) is 5.11. The monoisotopic (exact) mass is 319 g/mol. The van der Waals surface area contributed by atoms with Gasteiger partial charge in [-0.15, -0.1) is 11.3 Å². The van der Waals surface area contributed by atoms with E-state index in [0.717, 1.165) is 24.5 Å². The number of hydrogen-bond acceptors (Lipinski definition) is 5. The van der Waals surface area contributed by atoms with E-state index in [1.165, 1.54) is 30.4 Å². The summed E-state index contributed by atoms with van der Waals surface area (Å²) in [6.45, 7) is 2.52. The Morgan fingerprint density at radius 3 is 3.18 bits per heavy atom. The maximum atomic E-state index is 12.2. The number of carbonyl (C=O) groups excluding carboxylic acids is 1. The van der Waals surface area contributed by atoms with E-state index in [2.05, 4.69) is 17.2 Å². The van der Waals surface area contributed by atoms with Crippen LogP contribution in [0.2, 0.25) is 0 Å². The third kappa shape index (κ3) is 3.23. The molecule has 1 aliphatic rings. The molecule has 3 rings (SSSR count). The molecule has 0 saturated heterocycles. The van der Waals surface area contributed by atoms with Gasteiger partial charge in [0.05, 0.1) is 17.8 Å². The minimum absolute atomic E-state index is 0.195. The number of nitrogens with two attached hydrogens (primary N) is 1. The average molecular weight is 319 g/mol. The van der Waals surface area contributed by atoms with Crippen LogP contribution in [0.4, 0.5) is 5.13 Å². The fourth-order valence-corrected chi connectivity index (χ4v) is 4.04. The Morgan fingerprint density at radius 2 is 2.45 bits per heavy atom. The maximum Gasteiger partial charge on any atom is 0.260 e. The van der Waals surface area contributed by atoms with Crippen molar-refractivity contribution in [2.45, 2.75) is 45.6 Å². The number of nitrogens with zero attached hydrogens (tertiary/aromatic N) is 1. The fourth-order valence-electron chi connectivity index (χ4n) is 2.93. The average Bonchev–Trinajstić information content (AvgIpc) is 3.12. The summed E-state index contributed by atoms with van der Waals surface area (Å²) >= 11 is 1.60. The second-order valence-electron chi connectivity index (χ2n) is 5.75. The van der Waals surface area contributed by atoms with Gasteiger partial charge in [0, 0.05) is 4.88 Å². The van der Waals surface area contributed by atoms with Gasteiger partial charge in [-0.3, -0.25) is 10.1 Å². The highest BCUT2D eigenvalue weighted by Crippen LogP contribution is 2.34. The van der Waals surface area contributed by atoms with Crippen LogP contribution in [0.5, 0.6) is 0 Å². The zero-order valence-corrected chi connectivity index (χ0v) is 13.5. The predicted octanol–water partition coefficient (Wildman–Crippen LogP) is 3.35. The van der Waals surface area contributed by atoms with Gasteiger partial charge >= 0.3 is 0 Å². The van der Waals surface area contributed by atoms with Crippen LogP contribution in [0, 0.1) is 5.92 Å². The van der Waals surface area contributed by atoms with Gasteiger partial charge in [-0.05, 0) is 31.2 Å². The quantitative estimate of drug-likeness (QED) is 0.885. The van der Waals surface area contributed by atoms with Crippen molar-refractivity contribution in [3.05, 3.63) is 34.2 Å². The highest BCUT2D eigenvalue weighted by atomic mass is 32.1. The first kappa shape index (κ1) is 15.2. The van der Waals surface area contributed by atoms with E-state index in [4.69, 9.17) is 10.2 Å². The molecule has 0 fully saturated rings. The van der Waals surface area contributed by atoms with E-state index >= 15 is 0 Å². The minimum atomic E-state index is -0.195. The molecule has 22 heavy (non-hydrogen) atoms. The summed E-state index contributed by atoms with van der Waals surface area (Å²) in [5.74, 6) is 1.17. The third-order valence-electron chi connectivity index (χ3n) is 4.08. The lowest BCUT2D eigenvalue weighted by Crippen LogP contribution is -2.12. The lowest BCUT2D eigenvalue weighted by atomic mass is 9.88. The Morgan fingerprint density at radius 1 is 1.59 bits per heavy atom. The maximum absolute atomic E-state index is 12.2. The molecule has 0 spiro atoms. The Kier molecular flexibility index (Phi) is 4.59. The van der Waals surface area contributed by atoms with Crippen LogP contribution in [-0.2, 0) is 19.4 Å². The van der Waals surface area contributed by atoms with Crippen molar-refractivity contribution in [2.75, 3.05) is 5.32 Å². The molecule has 0 saturated carbocycles. The van der Waals surface area contributed by atoms with E-state index in [1.807, 2.05) is 0 Å². The molecule has 118 valence electrons. The molecular weight excluding hydrogens is 298 g/mol. The number of carbonyl (C=O) groups is 1. The van der Waals surface area contributed by atoms with Crippen LogP contribution < -0.4 is 11.1 Å². The number of anilines is 1. The highest BCUT2D eigenvalue weighted by Gasteiger charge is 2.23. The summed E-state index contributed by atoms with van der Waals surface area (Å²) in [6, 6.07) is 1.67. The molecule has 1 aliphatic carbocycles. The molecule has 1 atom stereocenters. The molecule has 1 unspecified atom stereocenters. The Labute approximate surface area is 133 Å². The van der Waals surface area contributed by atoms with Crippen LogP contribution in [0.15, 0.2) is 16.7 Å². The molecule has 0 aromatic carbocycles. The van der Waals surface area contributed by atoms with Gasteiger partial charge in [0.15, 0.2) is 5.13 Å². The molecule has 1 amide bonds. The zero-order chi connectivity index (χ0) is 15.5. The van der Waals surface area contributed by atoms with Crippen molar-refractivity contribution in [3.63, 3.8) is 0 Å². The number of amides is 1. The molecule has 6 heteroatoms. The van der Waals surface area contributed by atoms with Gasteiger partial charge in [-0.1, -0.05) is 19.8 Å². The van der Waals surface area contributed by atoms with E-state index in [-0.39, 0.29) is 12.5 Å². The molecule has 2 aromatic rings. The SMILES string of the molecule is CCCC1CCc2nc(NC(=O)c3coc(CN)c3)sc2C1. The first-order valence-corrected chi connectivity index (χ1v) is 8.58. The van der Waals surface area contributed by atoms with Crippen LogP contribution in [-0.4, -0.2) is 10.9 Å². The van der Waals surface area contributed by atoms with E-state index < -0.39 is 0 Å². The van der Waals surface area contributed by atoms with Crippen molar-refractivity contribution in [2.24, 2.45) is 11.7 Å². The summed E-state index contributed by atoms with van der Waals surface area (Å²) < 4.78 is 5.19. The van der Waals surface area contributed by atoms with Gasteiger partial charge in [0.25, 0.3) is 5.91 Å². The van der Waals surface area contributed by atoms with E-state index in [1.54, 1.807) is 17.4 Å². The van der Waals surface area contributed by atoms with Crippen molar-refractivity contribution in [1.82, 2.24) is 4.98 Å². The van der Waals surface area contributed by atoms with Gasteiger partial charge < -0.3 is 10.2 Å². The molecule has 0 bridgehead atoms. The van der Waals surface area contributed by atoms with Crippen LogP contribution in [0.1, 0.15) is 52.9 Å². The molecule has 3 N–H and O–H groups in total. The number of aryl methyl sites for hydroxylation is 1. The van der Waals surface area contributed by atoms with Crippen LogP contribution >= 0.6 is 11.3 Å². The summed E-state index contributed by atoms with van der Waals surface area (Å²) in [6.07, 6.45) is 7.26. The largest absolute Gasteiger partial charge is 0.467 e. The molecule has 2 aromatic heterocycles. The standard InChI is InChI=1S/C16H21N3O2S/c1-2-3-10-4-5-13-14(6-10)22-16(18-13)19-15(20)11-7-12(8-17)21-9-11/h7,9-10H,2-6,8,17H2,1H3,(H,18,19,20). The number of hydrogen-bond donors (Lipinski definition) is 2. The topological polar surface area (TPSA) is 81.2 Å². The second-order valence-corrected chi connectivity index (χ2v) is 6.83. The highest BCUT2D eigenvalue weighted by molar-refractivity contribution is 7.15. The van der Waals surface area contributed by atoms with E-state index in [9.17, 15) is 4.79 Å². The first-order valence-electron chi connectivity index (χ1n) is 7.77. The number of fused-ring (bicyclic) bond motifs is 1. The number of nitrogens with one attached hydrogen (secondary N) is 1. The van der Waals surface area contributed by atoms with Gasteiger partial charge in [-0.2, -0.15) is 0 Å². The normalized spacial score (nSPS) is 17.3. The van der Waals surface area contributed by atoms with Gasteiger partial charge in [0.1, 0.15) is 12.0 Å². The van der Waals surface area contributed by atoms with Crippen molar-refractivity contribution >= 4 is 22.4 Å². The number of thiazole rings is 1. The molecular formula is C16H21N3O2S. The van der Waals surface area contributed by atoms with Gasteiger partial charge in [0.2, 0.25) is 0 Å². The Hall–Kier alpha value is -1.66. The summed E-state index contributed by atoms with van der Waals surface area (Å²) in [4.78, 5) is 18.1. The number of rotatable bonds is 5. The van der Waals surface area contributed by atoms with Crippen molar-refractivity contribution in [3.8, 4) is 0 Å². The van der Waals surface area contributed by atoms with Crippen LogP contribution in [0.25, 0.3) is 0 Å². The first-order chi connectivity index (χ1) is 10.7. The Bertz CT molecular complexity index is 662. The smallest absolute Gasteiger partial charge is 0.260 e. The molecule has 5 nitrogen and oxygen atoms in total. The summed E-state index contributed by atoms with van der Waals surface area (Å²) in [5.41, 5.74) is 7.12. The zero-order valence-electron chi connectivity index (χ0n) is 12.7. The number of aromatic nitrogens is 1. The van der Waals surface area contributed by atoms with E-state index in [0.29, 0.717) is 16.5 Å². The Balaban J connectivity index is 1.68. The number of furan rings is 1. The van der Waals surface area contributed by atoms with Crippen LogP contribution in [0.3, 0.4) is 0 Å². The van der Waals surface area contributed by atoms with Gasteiger partial charge in [-0.25, -0.2) is 4.98 Å². The lowest BCUT2D eigenvalue weighted by Gasteiger charge is -2.19. The molecule has 2 heterocycles. The predicted molar refractivity (Wildman–Crippen MR) is 87.1 cm³/mol. The molecule has 0 aliphatic heterocycles. The lowest BCUT2D eigenvalue weighted by molar-refractivity contribution is 0.102. The summed E-state index contributed by atoms with van der Waals surface area (Å²) in [5, 5.41) is 3.55.